The van der Waals surface area contributed by atoms with Crippen LogP contribution in [0.5, 0.6) is 0 Å². The second-order valence-corrected chi connectivity index (χ2v) is 5.10. The third-order valence-electron chi connectivity index (χ3n) is 3.06. The lowest BCUT2D eigenvalue weighted by Gasteiger charge is -2.04. The summed E-state index contributed by atoms with van der Waals surface area (Å²) < 4.78 is 5.44. The molecule has 1 aromatic heterocycles. The highest BCUT2D eigenvalue weighted by molar-refractivity contribution is 7.98. The third-order valence-corrected chi connectivity index (χ3v) is 3.80. The minimum absolute atomic E-state index is 0.896. The molecule has 1 heterocycles. The van der Waals surface area contributed by atoms with Crippen molar-refractivity contribution in [3.8, 4) is 0 Å². The van der Waals surface area contributed by atoms with Crippen molar-refractivity contribution in [1.29, 1.82) is 0 Å². The van der Waals surface area contributed by atoms with Crippen molar-refractivity contribution >= 4 is 22.7 Å². The fourth-order valence-electron chi connectivity index (χ4n) is 2.10. The van der Waals surface area contributed by atoms with Crippen molar-refractivity contribution in [2.24, 2.45) is 0 Å². The largest absolute Gasteiger partial charge is 0.452 e. The molecule has 3 rings (SSSR count). The SMILES string of the molecule is CSc1ccc(Cc2cccc3c[c]oc23)cc1. The van der Waals surface area contributed by atoms with E-state index in [0.717, 1.165) is 17.4 Å². The van der Waals surface area contributed by atoms with Gasteiger partial charge in [-0.2, -0.15) is 0 Å². The van der Waals surface area contributed by atoms with Gasteiger partial charge < -0.3 is 4.42 Å². The maximum atomic E-state index is 5.44. The highest BCUT2D eigenvalue weighted by atomic mass is 32.2. The Morgan fingerprint density at radius 3 is 2.72 bits per heavy atom. The number of fused-ring (bicyclic) bond motifs is 1. The molecule has 18 heavy (non-hydrogen) atoms. The van der Waals surface area contributed by atoms with Crippen LogP contribution in [0.25, 0.3) is 11.0 Å². The Hall–Kier alpha value is -1.67. The van der Waals surface area contributed by atoms with Crippen LogP contribution in [0.4, 0.5) is 0 Å². The highest BCUT2D eigenvalue weighted by Crippen LogP contribution is 2.23. The summed E-state index contributed by atoms with van der Waals surface area (Å²) in [7, 11) is 0. The predicted octanol–water partition coefficient (Wildman–Crippen LogP) is 4.55. The van der Waals surface area contributed by atoms with Crippen LogP contribution in [0.2, 0.25) is 0 Å². The van der Waals surface area contributed by atoms with Crippen LogP contribution in [0.1, 0.15) is 11.1 Å². The van der Waals surface area contributed by atoms with E-state index in [1.165, 1.54) is 16.0 Å². The second-order valence-electron chi connectivity index (χ2n) is 4.22. The van der Waals surface area contributed by atoms with Gasteiger partial charge in [-0.1, -0.05) is 30.3 Å². The van der Waals surface area contributed by atoms with Gasteiger partial charge in [-0.3, -0.25) is 0 Å². The normalized spacial score (nSPS) is 10.9. The molecule has 0 saturated heterocycles. The van der Waals surface area contributed by atoms with Crippen LogP contribution in [0.3, 0.4) is 0 Å². The molecule has 0 atom stereocenters. The number of rotatable bonds is 3. The number of furan rings is 1. The Morgan fingerprint density at radius 2 is 1.94 bits per heavy atom. The Morgan fingerprint density at radius 1 is 1.11 bits per heavy atom. The first-order valence-electron chi connectivity index (χ1n) is 5.87. The van der Waals surface area contributed by atoms with Gasteiger partial charge in [-0.25, -0.2) is 0 Å². The van der Waals surface area contributed by atoms with E-state index in [2.05, 4.69) is 55.0 Å². The molecule has 1 nitrogen and oxygen atoms in total. The van der Waals surface area contributed by atoms with Gasteiger partial charge in [-0.05, 0) is 35.6 Å². The Bertz CT molecular complexity index is 652. The van der Waals surface area contributed by atoms with E-state index in [9.17, 15) is 0 Å². The molecule has 2 heteroatoms. The molecule has 0 bridgehead atoms. The molecule has 0 unspecified atom stereocenters. The van der Waals surface area contributed by atoms with Crippen molar-refractivity contribution in [3.05, 3.63) is 65.9 Å². The second kappa shape index (κ2) is 4.91. The molecule has 0 aliphatic rings. The maximum absolute atomic E-state index is 5.44. The maximum Gasteiger partial charge on any atom is 0.170 e. The predicted molar refractivity (Wildman–Crippen MR) is 76.1 cm³/mol. The number of benzene rings is 2. The molecular weight excluding hydrogens is 240 g/mol. The monoisotopic (exact) mass is 253 g/mol. The summed E-state index contributed by atoms with van der Waals surface area (Å²) in [6.45, 7) is 0. The first-order valence-corrected chi connectivity index (χ1v) is 7.10. The number of hydrogen-bond acceptors (Lipinski definition) is 2. The summed E-state index contributed by atoms with van der Waals surface area (Å²) in [5, 5.41) is 1.12. The molecular formula is C16H13OS. The molecule has 0 spiro atoms. The minimum Gasteiger partial charge on any atom is -0.452 e. The molecule has 0 aliphatic heterocycles. The lowest BCUT2D eigenvalue weighted by atomic mass is 10.0. The molecule has 89 valence electrons. The minimum atomic E-state index is 0.896. The summed E-state index contributed by atoms with van der Waals surface area (Å²) >= 11 is 1.76. The topological polar surface area (TPSA) is 13.1 Å². The zero-order chi connectivity index (χ0) is 12.4. The van der Waals surface area contributed by atoms with E-state index in [1.54, 1.807) is 11.8 Å². The zero-order valence-corrected chi connectivity index (χ0v) is 11.0. The van der Waals surface area contributed by atoms with Gasteiger partial charge in [-0.15, -0.1) is 11.8 Å². The molecule has 0 fully saturated rings. The average Bonchev–Trinajstić information content (AvgIpc) is 2.89. The van der Waals surface area contributed by atoms with Gasteiger partial charge >= 0.3 is 0 Å². The van der Waals surface area contributed by atoms with Crippen molar-refractivity contribution < 1.29 is 4.42 Å². The van der Waals surface area contributed by atoms with Crippen LogP contribution in [-0.4, -0.2) is 6.26 Å². The Labute approximate surface area is 111 Å². The van der Waals surface area contributed by atoms with E-state index in [0.29, 0.717) is 0 Å². The summed E-state index contributed by atoms with van der Waals surface area (Å²) in [6.07, 6.45) is 5.79. The summed E-state index contributed by atoms with van der Waals surface area (Å²) in [5.41, 5.74) is 3.47. The smallest absolute Gasteiger partial charge is 0.170 e. The van der Waals surface area contributed by atoms with Gasteiger partial charge in [0, 0.05) is 16.7 Å². The van der Waals surface area contributed by atoms with Gasteiger partial charge in [0.2, 0.25) is 0 Å². The van der Waals surface area contributed by atoms with E-state index >= 15 is 0 Å². The van der Waals surface area contributed by atoms with Crippen LogP contribution in [0, 0.1) is 6.26 Å². The van der Waals surface area contributed by atoms with E-state index in [1.807, 2.05) is 6.07 Å². The Kier molecular flexibility index (Phi) is 3.11. The molecule has 3 aromatic rings. The van der Waals surface area contributed by atoms with Crippen LogP contribution in [-0.2, 0) is 6.42 Å². The Balaban J connectivity index is 1.93. The van der Waals surface area contributed by atoms with Crippen molar-refractivity contribution in [2.75, 3.05) is 6.26 Å². The first-order chi connectivity index (χ1) is 8.86. The van der Waals surface area contributed by atoms with E-state index in [-0.39, 0.29) is 0 Å². The molecule has 0 saturated carbocycles. The molecule has 0 N–H and O–H groups in total. The van der Waals surface area contributed by atoms with Gasteiger partial charge in [0.05, 0.1) is 0 Å². The van der Waals surface area contributed by atoms with Crippen LogP contribution in [0.15, 0.2) is 57.8 Å². The molecule has 2 aromatic carbocycles. The number of hydrogen-bond donors (Lipinski definition) is 0. The van der Waals surface area contributed by atoms with Crippen molar-refractivity contribution in [2.45, 2.75) is 11.3 Å². The van der Waals surface area contributed by atoms with Crippen LogP contribution >= 0.6 is 11.8 Å². The standard InChI is InChI=1S/C16H13OS/c1-18-15-7-5-12(6-8-15)11-14-4-2-3-13-9-10-17-16(13)14/h2-9H,11H2,1H3. The summed E-state index contributed by atoms with van der Waals surface area (Å²) in [4.78, 5) is 1.29. The molecule has 0 aliphatic carbocycles. The summed E-state index contributed by atoms with van der Waals surface area (Å²) in [6, 6.07) is 16.8. The number of para-hydroxylation sites is 1. The van der Waals surface area contributed by atoms with Crippen molar-refractivity contribution in [3.63, 3.8) is 0 Å². The fourth-order valence-corrected chi connectivity index (χ4v) is 2.51. The van der Waals surface area contributed by atoms with Crippen LogP contribution < -0.4 is 0 Å². The average molecular weight is 253 g/mol. The molecule has 1 radical (unpaired) electrons. The van der Waals surface area contributed by atoms with Gasteiger partial charge in [0.1, 0.15) is 5.58 Å². The third kappa shape index (κ3) is 2.16. The summed E-state index contributed by atoms with van der Waals surface area (Å²) in [5.74, 6) is 0. The highest BCUT2D eigenvalue weighted by Gasteiger charge is 2.05. The lowest BCUT2D eigenvalue weighted by Crippen LogP contribution is -1.88. The fraction of sp³-hybridized carbons (Fsp3) is 0.125. The first kappa shape index (κ1) is 11.4. The van der Waals surface area contributed by atoms with E-state index in [4.69, 9.17) is 4.42 Å². The quantitative estimate of drug-likeness (QED) is 0.635. The van der Waals surface area contributed by atoms with E-state index < -0.39 is 0 Å². The number of thioether (sulfide) groups is 1. The molecule has 0 amide bonds. The van der Waals surface area contributed by atoms with Gasteiger partial charge in [0.15, 0.2) is 6.26 Å². The van der Waals surface area contributed by atoms with Gasteiger partial charge in [0.25, 0.3) is 0 Å². The lowest BCUT2D eigenvalue weighted by molar-refractivity contribution is 0.602. The zero-order valence-electron chi connectivity index (χ0n) is 10.1. The van der Waals surface area contributed by atoms with Crippen molar-refractivity contribution in [1.82, 2.24) is 0 Å².